The molecule has 5 rings (SSSR count). The van der Waals surface area contributed by atoms with Crippen molar-refractivity contribution in [1.82, 2.24) is 0 Å². The molecule has 2 aromatic carbocycles. The van der Waals surface area contributed by atoms with Crippen LogP contribution in [0, 0.1) is 17.8 Å². The van der Waals surface area contributed by atoms with Crippen molar-refractivity contribution in [3.8, 4) is 22.6 Å². The van der Waals surface area contributed by atoms with Crippen LogP contribution in [-0.4, -0.2) is 11.2 Å². The van der Waals surface area contributed by atoms with Gasteiger partial charge in [0.25, 0.3) is 5.75 Å². The fourth-order valence-corrected chi connectivity index (χ4v) is 7.36. The number of hydrogen-bond donors (Lipinski definition) is 0. The molecule has 3 aliphatic rings. The molecule has 1 fully saturated rings. The van der Waals surface area contributed by atoms with E-state index < -0.39 is 0 Å². The molecule has 34 heavy (non-hydrogen) atoms. The average Bonchev–Trinajstić information content (AvgIpc) is 2.84. The highest BCUT2D eigenvalue weighted by Gasteiger charge is 2.32. The molecule has 0 saturated heterocycles. The molecule has 4 heteroatoms. The summed E-state index contributed by atoms with van der Waals surface area (Å²) < 4.78 is 13.0. The maximum absolute atomic E-state index is 8.91. The quantitative estimate of drug-likeness (QED) is 0.311. The molecule has 0 spiro atoms. The number of fused-ring (bicyclic) bond motifs is 2. The van der Waals surface area contributed by atoms with Crippen LogP contribution in [0.1, 0.15) is 88.0 Å². The lowest BCUT2D eigenvalue weighted by molar-refractivity contribution is 0.0527. The van der Waals surface area contributed by atoms with Crippen LogP contribution in [0.15, 0.2) is 24.3 Å². The minimum absolute atomic E-state index is 0.00793. The number of benzene rings is 2. The second-order valence-electron chi connectivity index (χ2n) is 11.3. The average molecular weight is 482 g/mol. The lowest BCUT2D eigenvalue weighted by Gasteiger charge is -2.36. The summed E-state index contributed by atoms with van der Waals surface area (Å²) in [6.07, 6.45) is 13.4. The summed E-state index contributed by atoms with van der Waals surface area (Å²) in [5.41, 5.74) is 8.05. The second-order valence-corrected chi connectivity index (χ2v) is 11.9. The van der Waals surface area contributed by atoms with Gasteiger partial charge in [-0.2, -0.15) is 0 Å². The van der Waals surface area contributed by atoms with Gasteiger partial charge < -0.3 is 14.2 Å². The van der Waals surface area contributed by atoms with E-state index >= 15 is 0 Å². The smallest absolute Gasteiger partial charge is 0.262 e. The monoisotopic (exact) mass is 481 g/mol. The van der Waals surface area contributed by atoms with Gasteiger partial charge in [-0.15, -0.1) is 0 Å². The van der Waals surface area contributed by atoms with E-state index in [1.165, 1.54) is 66.3 Å². The standard InChI is InChI=1S/C30H41O3P/c1-19(2)23-15-12-20(3)18-28(23)33-34-32-27-17-14-22-9-5-7-11-25(22)30(27)29-24-10-6-4-8-21(24)13-16-26(29)31/h13-14,16-17,19-20,23,28,31,34H,4-12,15,18H2,1-3H3/p+1/t20-,23+,28-/m1/s1. The molecule has 1 unspecified atom stereocenters. The molecular weight excluding hydrogens is 439 g/mol. The van der Waals surface area contributed by atoms with E-state index in [0.29, 0.717) is 23.7 Å². The number of rotatable bonds is 6. The molecule has 1 saturated carbocycles. The van der Waals surface area contributed by atoms with Crippen LogP contribution in [0.25, 0.3) is 11.1 Å². The van der Waals surface area contributed by atoms with Crippen molar-refractivity contribution in [3.63, 3.8) is 0 Å². The summed E-state index contributed by atoms with van der Waals surface area (Å²) in [5.74, 6) is 3.57. The Hall–Kier alpha value is -1.57. The number of hydrogen-bond acceptors (Lipinski definition) is 2. The first kappa shape index (κ1) is 24.1. The molecule has 3 aliphatic carbocycles. The first-order chi connectivity index (χ1) is 16.5. The molecule has 0 aliphatic heterocycles. The van der Waals surface area contributed by atoms with E-state index in [4.69, 9.17) is 14.2 Å². The van der Waals surface area contributed by atoms with Crippen molar-refractivity contribution in [1.29, 1.82) is 0 Å². The molecule has 0 bridgehead atoms. The predicted octanol–water partition coefficient (Wildman–Crippen LogP) is 7.91. The molecule has 2 N–H and O–H groups in total. The summed E-state index contributed by atoms with van der Waals surface area (Å²) >= 11 is 0. The van der Waals surface area contributed by atoms with E-state index in [9.17, 15) is 0 Å². The molecular formula is C30H42O3P+. The van der Waals surface area contributed by atoms with Crippen molar-refractivity contribution in [2.24, 2.45) is 17.8 Å². The highest BCUT2D eigenvalue weighted by molar-refractivity contribution is 7.26. The molecule has 0 heterocycles. The Balaban J connectivity index is 1.46. The van der Waals surface area contributed by atoms with Crippen LogP contribution < -0.4 is 4.52 Å². The van der Waals surface area contributed by atoms with Crippen LogP contribution in [0.2, 0.25) is 0 Å². The van der Waals surface area contributed by atoms with Crippen LogP contribution in [0.5, 0.6) is 11.5 Å². The Bertz CT molecular complexity index is 1010. The van der Waals surface area contributed by atoms with Gasteiger partial charge in [0.2, 0.25) is 9.03 Å². The third-order valence-corrected chi connectivity index (χ3v) is 9.29. The minimum atomic E-state index is 0.00793. The van der Waals surface area contributed by atoms with E-state index in [2.05, 4.69) is 39.0 Å². The maximum atomic E-state index is 8.91. The maximum Gasteiger partial charge on any atom is 0.262 e. The topological polar surface area (TPSA) is 41.4 Å². The van der Waals surface area contributed by atoms with Crippen molar-refractivity contribution >= 4 is 9.03 Å². The van der Waals surface area contributed by atoms with E-state index in [1.807, 2.05) is 6.07 Å². The van der Waals surface area contributed by atoms with Gasteiger partial charge in [-0.05, 0) is 116 Å². The van der Waals surface area contributed by atoms with Crippen molar-refractivity contribution < 1.29 is 14.2 Å². The van der Waals surface area contributed by atoms with Crippen LogP contribution in [0.3, 0.4) is 0 Å². The highest BCUT2D eigenvalue weighted by Crippen LogP contribution is 2.48. The Morgan fingerprint density at radius 1 is 0.853 bits per heavy atom. The Kier molecular flexibility index (Phi) is 7.52. The van der Waals surface area contributed by atoms with Gasteiger partial charge in [-0.1, -0.05) is 33.3 Å². The normalized spacial score (nSPS) is 24.9. The van der Waals surface area contributed by atoms with Crippen molar-refractivity contribution in [3.05, 3.63) is 46.5 Å². The van der Waals surface area contributed by atoms with Gasteiger partial charge in [-0.3, -0.25) is 0 Å². The minimum Gasteiger partial charge on any atom is -0.593 e. The summed E-state index contributed by atoms with van der Waals surface area (Å²) in [7, 11) is 0.00793. The summed E-state index contributed by atoms with van der Waals surface area (Å²) in [5, 5.41) is 8.91. The first-order valence-corrected chi connectivity index (χ1v) is 14.4. The first-order valence-electron chi connectivity index (χ1n) is 13.6. The van der Waals surface area contributed by atoms with E-state index in [-0.39, 0.29) is 9.03 Å². The van der Waals surface area contributed by atoms with E-state index in [1.54, 1.807) is 0 Å². The van der Waals surface area contributed by atoms with Gasteiger partial charge in [0.15, 0.2) is 0 Å². The molecule has 3 nitrogen and oxygen atoms in total. The van der Waals surface area contributed by atoms with Gasteiger partial charge in [0.1, 0.15) is 5.75 Å². The largest absolute Gasteiger partial charge is 0.593 e. The fourth-order valence-electron chi connectivity index (χ4n) is 6.66. The summed E-state index contributed by atoms with van der Waals surface area (Å²) in [6, 6.07) is 8.65. The fraction of sp³-hybridized carbons (Fsp3) is 0.600. The Labute approximate surface area is 207 Å². The van der Waals surface area contributed by atoms with Crippen LogP contribution >= 0.6 is 9.03 Å². The van der Waals surface area contributed by atoms with Gasteiger partial charge in [0.05, 0.1) is 11.7 Å². The van der Waals surface area contributed by atoms with E-state index in [0.717, 1.165) is 49.3 Å². The Morgan fingerprint density at radius 3 is 2.21 bits per heavy atom. The molecule has 2 aromatic rings. The SMILES string of the molecule is CC(C)[C@@H]1CC[C@@H](C)C[C@H]1OPOc1ccc2c(c1-c1c([OH2+])ccc3c1CCCC3)CCCC2. The van der Waals surface area contributed by atoms with Crippen molar-refractivity contribution in [2.45, 2.75) is 97.5 Å². The third kappa shape index (κ3) is 4.89. The second kappa shape index (κ2) is 10.6. The van der Waals surface area contributed by atoms with Gasteiger partial charge in [0, 0.05) is 11.6 Å². The predicted molar refractivity (Wildman–Crippen MR) is 143 cm³/mol. The van der Waals surface area contributed by atoms with Crippen LogP contribution in [-0.2, 0) is 30.2 Å². The molecule has 4 atom stereocenters. The van der Waals surface area contributed by atoms with Crippen molar-refractivity contribution in [2.75, 3.05) is 0 Å². The molecule has 0 aromatic heterocycles. The Morgan fingerprint density at radius 2 is 1.50 bits per heavy atom. The highest BCUT2D eigenvalue weighted by atomic mass is 31.1. The lowest BCUT2D eigenvalue weighted by Crippen LogP contribution is -2.32. The lowest BCUT2D eigenvalue weighted by atomic mass is 9.75. The zero-order valence-corrected chi connectivity index (χ0v) is 22.2. The van der Waals surface area contributed by atoms with Gasteiger partial charge in [-0.25, -0.2) is 0 Å². The molecule has 0 amide bonds. The molecule has 0 radical (unpaired) electrons. The zero-order valence-electron chi connectivity index (χ0n) is 21.2. The zero-order chi connectivity index (χ0) is 23.7. The van der Waals surface area contributed by atoms with Crippen LogP contribution in [0.4, 0.5) is 0 Å². The third-order valence-electron chi connectivity index (χ3n) is 8.59. The summed E-state index contributed by atoms with van der Waals surface area (Å²) in [4.78, 5) is 0. The summed E-state index contributed by atoms with van der Waals surface area (Å²) in [6.45, 7) is 7.01. The number of aryl methyl sites for hydroxylation is 2. The molecule has 184 valence electrons. The van der Waals surface area contributed by atoms with Gasteiger partial charge >= 0.3 is 0 Å².